The summed E-state index contributed by atoms with van der Waals surface area (Å²) in [6.45, 7) is 2.09. The number of hydrogen-bond donors (Lipinski definition) is 2. The van der Waals surface area contributed by atoms with Gasteiger partial charge in [-0.1, -0.05) is 19.3 Å². The highest BCUT2D eigenvalue weighted by Gasteiger charge is 2.37. The fourth-order valence-electron chi connectivity index (χ4n) is 3.32. The summed E-state index contributed by atoms with van der Waals surface area (Å²) in [5.74, 6) is 0.172. The minimum Gasteiger partial charge on any atom is -0.378 e. The van der Waals surface area contributed by atoms with Crippen LogP contribution in [-0.2, 0) is 9.53 Å². The summed E-state index contributed by atoms with van der Waals surface area (Å²) in [4.78, 5) is 12.4. The molecule has 1 aliphatic carbocycles. The van der Waals surface area contributed by atoms with Crippen LogP contribution >= 0.6 is 0 Å². The molecule has 1 amide bonds. The van der Waals surface area contributed by atoms with Gasteiger partial charge in [0.05, 0.1) is 11.5 Å². The largest absolute Gasteiger partial charge is 0.378 e. The van der Waals surface area contributed by atoms with Crippen LogP contribution in [0.1, 0.15) is 57.8 Å². The van der Waals surface area contributed by atoms with Crippen molar-refractivity contribution in [3.05, 3.63) is 0 Å². The van der Waals surface area contributed by atoms with Crippen LogP contribution in [0.25, 0.3) is 0 Å². The summed E-state index contributed by atoms with van der Waals surface area (Å²) >= 11 is 0. The van der Waals surface area contributed by atoms with E-state index in [4.69, 9.17) is 10.5 Å². The molecule has 0 bridgehead atoms. The van der Waals surface area contributed by atoms with Gasteiger partial charge in [0.1, 0.15) is 0 Å². The van der Waals surface area contributed by atoms with Crippen molar-refractivity contribution in [1.29, 1.82) is 0 Å². The molecule has 0 aromatic carbocycles. The molecule has 2 rings (SSSR count). The van der Waals surface area contributed by atoms with E-state index in [0.717, 1.165) is 51.7 Å². The molecule has 0 aromatic rings. The van der Waals surface area contributed by atoms with Gasteiger partial charge in [-0.3, -0.25) is 4.79 Å². The van der Waals surface area contributed by atoms with Crippen molar-refractivity contribution < 1.29 is 9.53 Å². The Morgan fingerprint density at radius 1 is 1.21 bits per heavy atom. The standard InChI is InChI=1S/C15H28N2O2/c16-12-15(8-3-1-4-9-15)14(18)17-10-7-13-6-2-5-11-19-13/h13H,1-12,16H2,(H,17,18). The smallest absolute Gasteiger partial charge is 0.227 e. The van der Waals surface area contributed by atoms with Crippen LogP contribution in [0, 0.1) is 5.41 Å². The summed E-state index contributed by atoms with van der Waals surface area (Å²) in [6.07, 6.45) is 10.3. The molecule has 0 spiro atoms. The molecule has 19 heavy (non-hydrogen) atoms. The van der Waals surface area contributed by atoms with Crippen molar-refractivity contribution in [2.75, 3.05) is 19.7 Å². The number of carbonyl (C=O) groups excluding carboxylic acids is 1. The second-order valence-electron chi connectivity index (χ2n) is 6.08. The molecule has 4 nitrogen and oxygen atoms in total. The average molecular weight is 268 g/mol. The Labute approximate surface area is 116 Å². The Hall–Kier alpha value is -0.610. The first-order valence-corrected chi connectivity index (χ1v) is 7.87. The monoisotopic (exact) mass is 268 g/mol. The molecular weight excluding hydrogens is 240 g/mol. The first-order chi connectivity index (χ1) is 9.27. The van der Waals surface area contributed by atoms with E-state index in [0.29, 0.717) is 12.6 Å². The van der Waals surface area contributed by atoms with E-state index in [1.54, 1.807) is 0 Å². The highest BCUT2D eigenvalue weighted by atomic mass is 16.5. The fraction of sp³-hybridized carbons (Fsp3) is 0.933. The number of nitrogens with two attached hydrogens (primary N) is 1. The minimum atomic E-state index is -0.286. The lowest BCUT2D eigenvalue weighted by Gasteiger charge is -2.34. The van der Waals surface area contributed by atoms with E-state index in [9.17, 15) is 4.79 Å². The predicted octanol–water partition coefficient (Wildman–Crippen LogP) is 1.97. The zero-order valence-corrected chi connectivity index (χ0v) is 12.0. The lowest BCUT2D eigenvalue weighted by Crippen LogP contribution is -2.47. The van der Waals surface area contributed by atoms with Crippen LogP contribution in [0.2, 0.25) is 0 Å². The van der Waals surface area contributed by atoms with Crippen molar-refractivity contribution in [2.24, 2.45) is 11.1 Å². The average Bonchev–Trinajstić information content (AvgIpc) is 2.49. The van der Waals surface area contributed by atoms with Gasteiger partial charge < -0.3 is 15.8 Å². The molecule has 110 valence electrons. The summed E-state index contributed by atoms with van der Waals surface area (Å²) in [5, 5.41) is 3.09. The zero-order chi connectivity index (χ0) is 13.6. The Kier molecular flexibility index (Phi) is 5.64. The number of ether oxygens (including phenoxy) is 1. The highest BCUT2D eigenvalue weighted by Crippen LogP contribution is 2.35. The molecule has 3 N–H and O–H groups in total. The van der Waals surface area contributed by atoms with Gasteiger partial charge in [0, 0.05) is 19.7 Å². The Morgan fingerprint density at radius 3 is 2.63 bits per heavy atom. The number of carbonyl (C=O) groups is 1. The van der Waals surface area contributed by atoms with Gasteiger partial charge >= 0.3 is 0 Å². The zero-order valence-electron chi connectivity index (χ0n) is 12.0. The third-order valence-corrected chi connectivity index (χ3v) is 4.71. The van der Waals surface area contributed by atoms with Gasteiger partial charge in [-0.25, -0.2) is 0 Å². The van der Waals surface area contributed by atoms with Crippen LogP contribution in [0.3, 0.4) is 0 Å². The van der Waals surface area contributed by atoms with Crippen LogP contribution < -0.4 is 11.1 Å². The Morgan fingerprint density at radius 2 is 2.00 bits per heavy atom. The van der Waals surface area contributed by atoms with E-state index in [2.05, 4.69) is 5.32 Å². The van der Waals surface area contributed by atoms with E-state index >= 15 is 0 Å². The van der Waals surface area contributed by atoms with E-state index < -0.39 is 0 Å². The lowest BCUT2D eigenvalue weighted by molar-refractivity contribution is -0.132. The van der Waals surface area contributed by atoms with Gasteiger partial charge in [-0.05, 0) is 38.5 Å². The normalized spacial score (nSPS) is 26.9. The maximum Gasteiger partial charge on any atom is 0.227 e. The quantitative estimate of drug-likeness (QED) is 0.801. The van der Waals surface area contributed by atoms with Crippen LogP contribution in [0.15, 0.2) is 0 Å². The third-order valence-electron chi connectivity index (χ3n) is 4.71. The molecule has 4 heteroatoms. The van der Waals surface area contributed by atoms with E-state index in [1.807, 2.05) is 0 Å². The van der Waals surface area contributed by atoms with E-state index in [1.165, 1.54) is 19.3 Å². The summed E-state index contributed by atoms with van der Waals surface area (Å²) in [7, 11) is 0. The van der Waals surface area contributed by atoms with E-state index in [-0.39, 0.29) is 11.3 Å². The van der Waals surface area contributed by atoms with Gasteiger partial charge in [0.15, 0.2) is 0 Å². The van der Waals surface area contributed by atoms with Crippen molar-refractivity contribution >= 4 is 5.91 Å². The number of hydrogen-bond acceptors (Lipinski definition) is 3. The molecule has 1 atom stereocenters. The third kappa shape index (κ3) is 3.93. The maximum atomic E-state index is 12.4. The summed E-state index contributed by atoms with van der Waals surface area (Å²) in [6, 6.07) is 0. The first kappa shape index (κ1) is 14.8. The molecule has 0 aromatic heterocycles. The van der Waals surface area contributed by atoms with Crippen LogP contribution in [0.4, 0.5) is 0 Å². The highest BCUT2D eigenvalue weighted by molar-refractivity contribution is 5.82. The van der Waals surface area contributed by atoms with Gasteiger partial charge in [0.2, 0.25) is 5.91 Å². The van der Waals surface area contributed by atoms with Gasteiger partial charge in [0.25, 0.3) is 0 Å². The summed E-state index contributed by atoms with van der Waals surface area (Å²) in [5.41, 5.74) is 5.58. The van der Waals surface area contributed by atoms with Crippen LogP contribution in [0.5, 0.6) is 0 Å². The van der Waals surface area contributed by atoms with Gasteiger partial charge in [-0.2, -0.15) is 0 Å². The topological polar surface area (TPSA) is 64.4 Å². The number of amides is 1. The van der Waals surface area contributed by atoms with Crippen LogP contribution in [-0.4, -0.2) is 31.7 Å². The molecule has 1 saturated carbocycles. The van der Waals surface area contributed by atoms with Crippen molar-refractivity contribution in [1.82, 2.24) is 5.32 Å². The predicted molar refractivity (Wildman–Crippen MR) is 75.8 cm³/mol. The Balaban J connectivity index is 1.73. The SMILES string of the molecule is NCC1(C(=O)NCCC2CCCCO2)CCCCC1. The first-order valence-electron chi connectivity index (χ1n) is 7.87. The second-order valence-corrected chi connectivity index (χ2v) is 6.08. The molecule has 0 radical (unpaired) electrons. The second kappa shape index (κ2) is 7.25. The number of nitrogens with one attached hydrogen (secondary N) is 1. The molecular formula is C15H28N2O2. The Bertz CT molecular complexity index is 282. The molecule has 1 saturated heterocycles. The molecule has 1 aliphatic heterocycles. The van der Waals surface area contributed by atoms with Crippen molar-refractivity contribution in [3.8, 4) is 0 Å². The van der Waals surface area contributed by atoms with Crippen molar-refractivity contribution in [3.63, 3.8) is 0 Å². The fourth-order valence-corrected chi connectivity index (χ4v) is 3.32. The summed E-state index contributed by atoms with van der Waals surface area (Å²) < 4.78 is 5.68. The molecule has 1 unspecified atom stereocenters. The maximum absolute atomic E-state index is 12.4. The minimum absolute atomic E-state index is 0.172. The molecule has 1 heterocycles. The van der Waals surface area contributed by atoms with Crippen molar-refractivity contribution in [2.45, 2.75) is 63.9 Å². The van der Waals surface area contributed by atoms with Gasteiger partial charge in [-0.15, -0.1) is 0 Å². The lowest BCUT2D eigenvalue weighted by atomic mass is 9.73. The number of rotatable bonds is 5. The molecule has 2 aliphatic rings. The molecule has 2 fully saturated rings.